The number of aromatic nitrogens is 1. The minimum Gasteiger partial charge on any atom is -0.366 e. The summed E-state index contributed by atoms with van der Waals surface area (Å²) in [5.41, 5.74) is 5.97. The Kier molecular flexibility index (Phi) is 3.78. The van der Waals surface area contributed by atoms with Gasteiger partial charge in [0, 0.05) is 11.6 Å². The number of primary amides is 1. The van der Waals surface area contributed by atoms with E-state index in [-0.39, 0.29) is 11.3 Å². The second kappa shape index (κ2) is 5.74. The third-order valence-corrected chi connectivity index (χ3v) is 5.07. The second-order valence-corrected chi connectivity index (χ2v) is 6.67. The van der Waals surface area contributed by atoms with E-state index >= 15 is 0 Å². The molecule has 0 radical (unpaired) electrons. The number of nitrogens with two attached hydrogens (primary N) is 1. The largest absolute Gasteiger partial charge is 0.366 e. The Balaban J connectivity index is 2.00. The zero-order valence-electron chi connectivity index (χ0n) is 11.1. The molecule has 1 heterocycles. The monoisotopic (exact) mass is 331 g/mol. The molecule has 0 aliphatic rings. The van der Waals surface area contributed by atoms with Crippen LogP contribution >= 0.6 is 23.1 Å². The minimum absolute atomic E-state index is 0.111. The molecule has 0 saturated carbocycles. The van der Waals surface area contributed by atoms with Crippen molar-refractivity contribution in [3.05, 3.63) is 58.1 Å². The van der Waals surface area contributed by atoms with Crippen LogP contribution in [0.2, 0.25) is 0 Å². The van der Waals surface area contributed by atoms with E-state index in [0.717, 1.165) is 10.2 Å². The zero-order chi connectivity index (χ0) is 15.7. The molecule has 0 bridgehead atoms. The third-order valence-electron chi connectivity index (χ3n) is 2.91. The Morgan fingerprint density at radius 1 is 1.27 bits per heavy atom. The van der Waals surface area contributed by atoms with Gasteiger partial charge in [0.05, 0.1) is 20.0 Å². The van der Waals surface area contributed by atoms with Crippen molar-refractivity contribution in [2.24, 2.45) is 5.73 Å². The highest BCUT2D eigenvalue weighted by Gasteiger charge is 2.18. The first-order valence-corrected chi connectivity index (χ1v) is 7.79. The van der Waals surface area contributed by atoms with Crippen molar-refractivity contribution in [1.82, 2.24) is 4.98 Å². The number of carbonyl (C=O) groups is 1. The van der Waals surface area contributed by atoms with Gasteiger partial charge in [-0.1, -0.05) is 23.9 Å². The van der Waals surface area contributed by atoms with Crippen molar-refractivity contribution in [3.8, 4) is 0 Å². The molecule has 3 aromatic rings. The van der Waals surface area contributed by atoms with E-state index in [0.29, 0.717) is 9.24 Å². The average Bonchev–Trinajstić information content (AvgIpc) is 2.89. The molecule has 0 spiro atoms. The van der Waals surface area contributed by atoms with Crippen molar-refractivity contribution in [2.75, 3.05) is 0 Å². The molecule has 0 atom stereocenters. The Hall–Kier alpha value is -2.45. The van der Waals surface area contributed by atoms with Crippen molar-refractivity contribution < 1.29 is 9.72 Å². The maximum atomic E-state index is 11.2. The Labute approximate surface area is 133 Å². The number of nitro benzene ring substituents is 1. The van der Waals surface area contributed by atoms with Crippen molar-refractivity contribution in [2.45, 2.75) is 9.24 Å². The van der Waals surface area contributed by atoms with Gasteiger partial charge in [-0.25, -0.2) is 4.98 Å². The first-order chi connectivity index (χ1) is 10.5. The number of benzene rings is 2. The van der Waals surface area contributed by atoms with Gasteiger partial charge in [0.25, 0.3) is 5.69 Å². The van der Waals surface area contributed by atoms with Gasteiger partial charge in [-0.3, -0.25) is 14.9 Å². The quantitative estimate of drug-likeness (QED) is 0.583. The normalized spacial score (nSPS) is 10.7. The molecule has 22 heavy (non-hydrogen) atoms. The highest BCUT2D eigenvalue weighted by molar-refractivity contribution is 8.01. The van der Waals surface area contributed by atoms with Gasteiger partial charge in [0.15, 0.2) is 4.34 Å². The van der Waals surface area contributed by atoms with Crippen molar-refractivity contribution in [1.29, 1.82) is 0 Å². The minimum atomic E-state index is -0.695. The number of hydrogen-bond donors (Lipinski definition) is 1. The second-order valence-electron chi connectivity index (χ2n) is 4.35. The highest BCUT2D eigenvalue weighted by Crippen LogP contribution is 2.38. The van der Waals surface area contributed by atoms with E-state index in [1.807, 2.05) is 24.3 Å². The smallest absolute Gasteiger partial charge is 0.284 e. The van der Waals surface area contributed by atoms with Crippen molar-refractivity contribution >= 4 is 44.9 Å². The lowest BCUT2D eigenvalue weighted by Crippen LogP contribution is -2.11. The summed E-state index contributed by atoms with van der Waals surface area (Å²) in [4.78, 5) is 26.7. The number of carbonyl (C=O) groups excluding carboxylic acids is 1. The number of rotatable bonds is 4. The summed E-state index contributed by atoms with van der Waals surface area (Å²) in [7, 11) is 0. The number of fused-ring (bicyclic) bond motifs is 1. The zero-order valence-corrected chi connectivity index (χ0v) is 12.7. The summed E-state index contributed by atoms with van der Waals surface area (Å²) >= 11 is 2.66. The Bertz CT molecular complexity index is 859. The molecular formula is C14H9N3O3S2. The van der Waals surface area contributed by atoms with Crippen LogP contribution in [0.15, 0.2) is 51.7 Å². The molecule has 0 aliphatic carbocycles. The maximum absolute atomic E-state index is 11.2. The van der Waals surface area contributed by atoms with Crippen LogP contribution in [0.25, 0.3) is 10.2 Å². The van der Waals surface area contributed by atoms with Crippen LogP contribution < -0.4 is 5.73 Å². The number of para-hydroxylation sites is 1. The molecule has 0 unspecified atom stereocenters. The summed E-state index contributed by atoms with van der Waals surface area (Å²) in [6.45, 7) is 0. The molecule has 1 amide bonds. The maximum Gasteiger partial charge on any atom is 0.284 e. The first-order valence-electron chi connectivity index (χ1n) is 6.16. The predicted molar refractivity (Wildman–Crippen MR) is 85.4 cm³/mol. The average molecular weight is 331 g/mol. The molecular weight excluding hydrogens is 322 g/mol. The predicted octanol–water partition coefficient (Wildman–Crippen LogP) is 3.45. The summed E-state index contributed by atoms with van der Waals surface area (Å²) in [5, 5.41) is 11.2. The third kappa shape index (κ3) is 2.78. The molecule has 0 fully saturated rings. The molecule has 0 aliphatic heterocycles. The van der Waals surface area contributed by atoms with Crippen LogP contribution in [0, 0.1) is 10.1 Å². The number of thiazole rings is 1. The van der Waals surface area contributed by atoms with Gasteiger partial charge in [-0.05, 0) is 24.3 Å². The topological polar surface area (TPSA) is 99.1 Å². The fourth-order valence-electron chi connectivity index (χ4n) is 1.89. The molecule has 8 heteroatoms. The van der Waals surface area contributed by atoms with Crippen molar-refractivity contribution in [3.63, 3.8) is 0 Å². The van der Waals surface area contributed by atoms with Crippen LogP contribution in [0.4, 0.5) is 5.69 Å². The number of nitrogens with zero attached hydrogens (tertiary/aromatic N) is 2. The number of amides is 1. The fraction of sp³-hybridized carbons (Fsp3) is 0. The SMILES string of the molecule is NC(=O)c1ccc(Sc2nc3ccccc3s2)c([N+](=O)[O-])c1. The molecule has 0 saturated heterocycles. The molecule has 6 nitrogen and oxygen atoms in total. The lowest BCUT2D eigenvalue weighted by Gasteiger charge is -2.02. The standard InChI is InChI=1S/C14H9N3O3S2/c15-13(18)8-5-6-12(10(7-8)17(19)20)22-14-16-9-3-1-2-4-11(9)21-14/h1-7H,(H2,15,18). The summed E-state index contributed by atoms with van der Waals surface area (Å²) in [6, 6.07) is 11.8. The van der Waals surface area contributed by atoms with Gasteiger partial charge < -0.3 is 5.73 Å². The summed E-state index contributed by atoms with van der Waals surface area (Å²) < 4.78 is 1.72. The highest BCUT2D eigenvalue weighted by atomic mass is 32.2. The molecule has 2 aromatic carbocycles. The van der Waals surface area contributed by atoms with E-state index in [9.17, 15) is 14.9 Å². The van der Waals surface area contributed by atoms with Crippen LogP contribution in [0.3, 0.4) is 0 Å². The van der Waals surface area contributed by atoms with Crippen LogP contribution in [0.5, 0.6) is 0 Å². The van der Waals surface area contributed by atoms with Gasteiger partial charge >= 0.3 is 0 Å². The number of nitro groups is 1. The Morgan fingerprint density at radius 3 is 2.73 bits per heavy atom. The Morgan fingerprint density at radius 2 is 2.05 bits per heavy atom. The van der Waals surface area contributed by atoms with Gasteiger partial charge in [-0.15, -0.1) is 11.3 Å². The lowest BCUT2D eigenvalue weighted by molar-refractivity contribution is -0.387. The van der Waals surface area contributed by atoms with E-state index in [4.69, 9.17) is 5.73 Å². The van der Waals surface area contributed by atoms with Gasteiger partial charge in [0.1, 0.15) is 0 Å². The van der Waals surface area contributed by atoms with Gasteiger partial charge in [-0.2, -0.15) is 0 Å². The van der Waals surface area contributed by atoms with Gasteiger partial charge in [0.2, 0.25) is 5.91 Å². The van der Waals surface area contributed by atoms with Crippen LogP contribution in [-0.4, -0.2) is 15.8 Å². The first kappa shape index (κ1) is 14.5. The fourth-order valence-corrected chi connectivity index (χ4v) is 4.00. The molecule has 110 valence electrons. The van der Waals surface area contributed by atoms with E-state index in [1.54, 1.807) is 0 Å². The molecule has 2 N–H and O–H groups in total. The lowest BCUT2D eigenvalue weighted by atomic mass is 10.2. The van der Waals surface area contributed by atoms with E-state index in [2.05, 4.69) is 4.98 Å². The number of hydrogen-bond acceptors (Lipinski definition) is 6. The molecule has 3 rings (SSSR count). The summed E-state index contributed by atoms with van der Waals surface area (Å²) in [6.07, 6.45) is 0. The summed E-state index contributed by atoms with van der Waals surface area (Å²) in [5.74, 6) is -0.695. The van der Waals surface area contributed by atoms with E-state index in [1.165, 1.54) is 41.3 Å². The van der Waals surface area contributed by atoms with Crippen LogP contribution in [-0.2, 0) is 0 Å². The molecule has 1 aromatic heterocycles. The van der Waals surface area contributed by atoms with E-state index < -0.39 is 10.8 Å². The van der Waals surface area contributed by atoms with Crippen LogP contribution in [0.1, 0.15) is 10.4 Å².